The van der Waals surface area contributed by atoms with Crippen molar-refractivity contribution in [3.8, 4) is 0 Å². The van der Waals surface area contributed by atoms with Crippen LogP contribution < -0.4 is 0 Å². The summed E-state index contributed by atoms with van der Waals surface area (Å²) in [6, 6.07) is 16.7. The summed E-state index contributed by atoms with van der Waals surface area (Å²) in [5, 5.41) is 0.633. The Kier molecular flexibility index (Phi) is 5.21. The molecule has 28 heavy (non-hydrogen) atoms. The Labute approximate surface area is 171 Å². The summed E-state index contributed by atoms with van der Waals surface area (Å²) in [7, 11) is -3.39. The van der Waals surface area contributed by atoms with Gasteiger partial charge in [-0.2, -0.15) is 4.31 Å². The van der Waals surface area contributed by atoms with E-state index in [4.69, 9.17) is 11.6 Å². The summed E-state index contributed by atoms with van der Waals surface area (Å²) in [4.78, 5) is 15.0. The van der Waals surface area contributed by atoms with Gasteiger partial charge in [-0.25, -0.2) is 8.42 Å². The van der Waals surface area contributed by atoms with Crippen molar-refractivity contribution >= 4 is 27.5 Å². The molecule has 0 spiro atoms. The second-order valence-corrected chi connectivity index (χ2v) is 9.93. The number of carbonyl (C=O) groups is 1. The van der Waals surface area contributed by atoms with Crippen LogP contribution in [0.5, 0.6) is 0 Å². The van der Waals surface area contributed by atoms with Crippen molar-refractivity contribution in [1.82, 2.24) is 9.21 Å². The van der Waals surface area contributed by atoms with E-state index in [2.05, 4.69) is 0 Å². The van der Waals surface area contributed by atoms with Gasteiger partial charge in [0, 0.05) is 31.2 Å². The maximum Gasteiger partial charge on any atom is 0.233 e. The number of nitrogens with zero attached hydrogens (tertiary/aromatic N) is 2. The molecule has 2 fully saturated rings. The van der Waals surface area contributed by atoms with Gasteiger partial charge < -0.3 is 4.90 Å². The lowest BCUT2D eigenvalue weighted by molar-refractivity contribution is -0.135. The summed E-state index contributed by atoms with van der Waals surface area (Å²) < 4.78 is 26.9. The third-order valence-corrected chi connectivity index (χ3v) is 7.73. The van der Waals surface area contributed by atoms with Crippen LogP contribution in [-0.4, -0.2) is 49.7 Å². The first-order chi connectivity index (χ1) is 13.4. The second-order valence-electron chi connectivity index (χ2n) is 7.53. The summed E-state index contributed by atoms with van der Waals surface area (Å²) in [5.41, 5.74) is 1.26. The largest absolute Gasteiger partial charge is 0.339 e. The zero-order valence-electron chi connectivity index (χ0n) is 15.6. The number of hydrogen-bond donors (Lipinski definition) is 0. The third kappa shape index (κ3) is 3.81. The van der Waals surface area contributed by atoms with Crippen LogP contribution in [0.25, 0.3) is 0 Å². The van der Waals surface area contributed by atoms with Crippen LogP contribution in [0.1, 0.15) is 24.0 Å². The molecule has 1 saturated carbocycles. The fraction of sp³-hybridized carbons (Fsp3) is 0.381. The molecule has 0 N–H and O–H groups in total. The standard InChI is InChI=1S/C21H23ClN2O3S/c22-19-8-4-7-18(15-19)21(9-10-21)20(25)23-11-13-24(14-12-23)28(26,27)16-17-5-2-1-3-6-17/h1-8,15H,9-14,16H2. The number of benzene rings is 2. The molecular formula is C21H23ClN2O3S. The first-order valence-corrected chi connectivity index (χ1v) is 11.5. The highest BCUT2D eigenvalue weighted by molar-refractivity contribution is 7.88. The highest BCUT2D eigenvalue weighted by atomic mass is 35.5. The maximum absolute atomic E-state index is 13.2. The minimum absolute atomic E-state index is 0.00572. The Morgan fingerprint density at radius 1 is 0.964 bits per heavy atom. The predicted molar refractivity (Wildman–Crippen MR) is 110 cm³/mol. The molecule has 0 unspecified atom stereocenters. The molecule has 148 valence electrons. The van der Waals surface area contributed by atoms with Crippen molar-refractivity contribution < 1.29 is 13.2 Å². The van der Waals surface area contributed by atoms with Crippen molar-refractivity contribution in [3.63, 3.8) is 0 Å². The molecular weight excluding hydrogens is 396 g/mol. The van der Waals surface area contributed by atoms with Crippen molar-refractivity contribution in [1.29, 1.82) is 0 Å². The molecule has 1 saturated heterocycles. The van der Waals surface area contributed by atoms with E-state index in [0.29, 0.717) is 31.2 Å². The molecule has 7 heteroatoms. The fourth-order valence-electron chi connectivity index (χ4n) is 3.89. The van der Waals surface area contributed by atoms with Gasteiger partial charge in [0.2, 0.25) is 15.9 Å². The monoisotopic (exact) mass is 418 g/mol. The minimum atomic E-state index is -3.39. The molecule has 5 nitrogen and oxygen atoms in total. The summed E-state index contributed by atoms with van der Waals surface area (Å²) in [5.74, 6) is 0.0868. The van der Waals surface area contributed by atoms with Gasteiger partial charge in [-0.05, 0) is 36.1 Å². The molecule has 1 aliphatic heterocycles. The number of amides is 1. The van der Waals surface area contributed by atoms with Crippen LogP contribution in [0.2, 0.25) is 5.02 Å². The quantitative estimate of drug-likeness (QED) is 0.749. The van der Waals surface area contributed by atoms with Crippen LogP contribution in [0, 0.1) is 0 Å². The number of carbonyl (C=O) groups excluding carboxylic acids is 1. The van der Waals surface area contributed by atoms with E-state index >= 15 is 0 Å². The first kappa shape index (κ1) is 19.4. The van der Waals surface area contributed by atoms with Crippen molar-refractivity contribution in [2.45, 2.75) is 24.0 Å². The molecule has 2 aromatic carbocycles. The molecule has 1 amide bonds. The minimum Gasteiger partial charge on any atom is -0.339 e. The number of rotatable bonds is 5. The summed E-state index contributed by atoms with van der Waals surface area (Å²) in [6.07, 6.45) is 1.64. The molecule has 0 bridgehead atoms. The van der Waals surface area contributed by atoms with E-state index in [-0.39, 0.29) is 11.7 Å². The van der Waals surface area contributed by atoms with Crippen molar-refractivity contribution in [2.24, 2.45) is 0 Å². The van der Waals surface area contributed by atoms with E-state index in [1.807, 2.05) is 59.5 Å². The maximum atomic E-state index is 13.2. The lowest BCUT2D eigenvalue weighted by atomic mass is 9.94. The van der Waals surface area contributed by atoms with E-state index < -0.39 is 15.4 Å². The Morgan fingerprint density at radius 3 is 2.25 bits per heavy atom. The number of hydrogen-bond acceptors (Lipinski definition) is 3. The van der Waals surface area contributed by atoms with E-state index in [0.717, 1.165) is 24.0 Å². The van der Waals surface area contributed by atoms with Gasteiger partial charge in [-0.3, -0.25) is 4.79 Å². The van der Waals surface area contributed by atoms with Crippen LogP contribution in [0.3, 0.4) is 0 Å². The molecule has 0 atom stereocenters. The molecule has 2 aliphatic rings. The smallest absolute Gasteiger partial charge is 0.233 e. The Morgan fingerprint density at radius 2 is 1.64 bits per heavy atom. The number of sulfonamides is 1. The Bertz CT molecular complexity index is 966. The van der Waals surface area contributed by atoms with Crippen LogP contribution in [-0.2, 0) is 26.0 Å². The lowest BCUT2D eigenvalue weighted by Crippen LogP contribution is -2.53. The highest BCUT2D eigenvalue weighted by Crippen LogP contribution is 2.50. The molecule has 0 radical (unpaired) electrons. The SMILES string of the molecule is O=C(N1CCN(S(=O)(=O)Cc2ccccc2)CC1)C1(c2cccc(Cl)c2)CC1. The third-order valence-electron chi connectivity index (χ3n) is 5.65. The normalized spacial score (nSPS) is 19.4. The zero-order valence-corrected chi connectivity index (χ0v) is 17.1. The topological polar surface area (TPSA) is 57.7 Å². The zero-order chi connectivity index (χ0) is 19.8. The van der Waals surface area contributed by atoms with Crippen LogP contribution in [0.4, 0.5) is 0 Å². The van der Waals surface area contributed by atoms with Gasteiger partial charge in [0.05, 0.1) is 11.2 Å². The van der Waals surface area contributed by atoms with Gasteiger partial charge in [-0.1, -0.05) is 54.1 Å². The summed E-state index contributed by atoms with van der Waals surface area (Å²) >= 11 is 6.11. The molecule has 2 aromatic rings. The van der Waals surface area contributed by atoms with Gasteiger partial charge in [0.25, 0.3) is 0 Å². The van der Waals surface area contributed by atoms with Crippen molar-refractivity contribution in [2.75, 3.05) is 26.2 Å². The molecule has 4 rings (SSSR count). The molecule has 1 heterocycles. The second kappa shape index (κ2) is 7.50. The number of halogens is 1. The Balaban J connectivity index is 1.41. The first-order valence-electron chi connectivity index (χ1n) is 9.48. The van der Waals surface area contributed by atoms with E-state index in [1.165, 1.54) is 4.31 Å². The fourth-order valence-corrected chi connectivity index (χ4v) is 5.59. The van der Waals surface area contributed by atoms with Crippen molar-refractivity contribution in [3.05, 3.63) is 70.7 Å². The molecule has 0 aromatic heterocycles. The average Bonchev–Trinajstić information content (AvgIpc) is 3.50. The van der Waals surface area contributed by atoms with Crippen LogP contribution >= 0.6 is 11.6 Å². The van der Waals surface area contributed by atoms with Crippen LogP contribution in [0.15, 0.2) is 54.6 Å². The van der Waals surface area contributed by atoms with Gasteiger partial charge in [0.15, 0.2) is 0 Å². The van der Waals surface area contributed by atoms with Gasteiger partial charge in [-0.15, -0.1) is 0 Å². The summed E-state index contributed by atoms with van der Waals surface area (Å²) in [6.45, 7) is 1.53. The van der Waals surface area contributed by atoms with E-state index in [1.54, 1.807) is 0 Å². The predicted octanol–water partition coefficient (Wildman–Crippen LogP) is 3.05. The lowest BCUT2D eigenvalue weighted by Gasteiger charge is -2.36. The van der Waals surface area contributed by atoms with Gasteiger partial charge in [0.1, 0.15) is 0 Å². The van der Waals surface area contributed by atoms with Gasteiger partial charge >= 0.3 is 0 Å². The average molecular weight is 419 g/mol. The Hall–Kier alpha value is -1.89. The molecule has 1 aliphatic carbocycles. The highest BCUT2D eigenvalue weighted by Gasteiger charge is 2.53. The number of piperazine rings is 1. The van der Waals surface area contributed by atoms with E-state index in [9.17, 15) is 13.2 Å².